The van der Waals surface area contributed by atoms with Crippen molar-refractivity contribution in [1.29, 1.82) is 0 Å². The maximum Gasteiger partial charge on any atom is 0.312 e. The molecule has 0 spiro atoms. The highest BCUT2D eigenvalue weighted by Gasteiger charge is 2.15. The van der Waals surface area contributed by atoms with E-state index in [0.29, 0.717) is 0 Å². The number of carbonyl (C=O) groups is 1. The molecule has 2 heteroatoms. The summed E-state index contributed by atoms with van der Waals surface area (Å²) in [5.74, 6) is -0.419. The Kier molecular flexibility index (Phi) is 4.35. The second-order valence-corrected chi connectivity index (χ2v) is 4.65. The molecule has 0 amide bonds. The number of ether oxygens (including phenoxy) is 1. The van der Waals surface area contributed by atoms with Gasteiger partial charge in [0, 0.05) is 0 Å². The zero-order valence-corrected chi connectivity index (χ0v) is 11.3. The van der Waals surface area contributed by atoms with Crippen molar-refractivity contribution >= 4 is 5.97 Å². The Bertz CT molecular complexity index is 546. The average Bonchev–Trinajstić information content (AvgIpc) is 2.47. The Balaban J connectivity index is 2.18. The number of methoxy groups -OCH3 is 1. The Morgan fingerprint density at radius 3 is 2.42 bits per heavy atom. The third-order valence-corrected chi connectivity index (χ3v) is 3.26. The fraction of sp³-hybridized carbons (Fsp3) is 0.235. The summed E-state index contributed by atoms with van der Waals surface area (Å²) in [7, 11) is 1.42. The summed E-state index contributed by atoms with van der Waals surface area (Å²) >= 11 is 0. The lowest BCUT2D eigenvalue weighted by Crippen LogP contribution is -2.10. The standard InChI is InChI=1S/C17H18O2/c1-13(17(18)19-2)16-10-6-9-15(12-16)11-14-7-4-3-5-8-14/h3-10,12-13H,11H2,1-2H3. The van der Waals surface area contributed by atoms with Gasteiger partial charge in [-0.2, -0.15) is 0 Å². The average molecular weight is 254 g/mol. The SMILES string of the molecule is COC(=O)C(C)c1cccc(Cc2ccccc2)c1. The molecule has 2 aromatic carbocycles. The minimum atomic E-state index is -0.222. The quantitative estimate of drug-likeness (QED) is 0.780. The number of carbonyl (C=O) groups excluding carboxylic acids is 1. The number of esters is 1. The number of hydrogen-bond donors (Lipinski definition) is 0. The molecule has 0 saturated carbocycles. The molecule has 0 aromatic heterocycles. The molecular formula is C17H18O2. The molecule has 0 aliphatic carbocycles. The van der Waals surface area contributed by atoms with Crippen LogP contribution in [-0.2, 0) is 16.0 Å². The maximum absolute atomic E-state index is 11.6. The molecule has 0 aliphatic heterocycles. The smallest absolute Gasteiger partial charge is 0.312 e. The highest BCUT2D eigenvalue weighted by atomic mass is 16.5. The van der Waals surface area contributed by atoms with E-state index in [9.17, 15) is 4.79 Å². The van der Waals surface area contributed by atoms with Crippen LogP contribution in [0.15, 0.2) is 54.6 Å². The van der Waals surface area contributed by atoms with Gasteiger partial charge in [0.05, 0.1) is 13.0 Å². The van der Waals surface area contributed by atoms with Gasteiger partial charge in [-0.1, -0.05) is 54.6 Å². The van der Waals surface area contributed by atoms with Crippen LogP contribution < -0.4 is 0 Å². The van der Waals surface area contributed by atoms with Gasteiger partial charge in [0.15, 0.2) is 0 Å². The van der Waals surface area contributed by atoms with Crippen LogP contribution in [0.1, 0.15) is 29.5 Å². The van der Waals surface area contributed by atoms with Crippen LogP contribution >= 0.6 is 0 Å². The van der Waals surface area contributed by atoms with Crippen molar-refractivity contribution in [3.8, 4) is 0 Å². The molecule has 2 aromatic rings. The fourth-order valence-corrected chi connectivity index (χ4v) is 2.12. The summed E-state index contributed by atoms with van der Waals surface area (Å²) in [5, 5.41) is 0. The monoisotopic (exact) mass is 254 g/mol. The van der Waals surface area contributed by atoms with Crippen molar-refractivity contribution in [1.82, 2.24) is 0 Å². The van der Waals surface area contributed by atoms with Gasteiger partial charge in [-0.25, -0.2) is 0 Å². The van der Waals surface area contributed by atoms with Crippen molar-refractivity contribution < 1.29 is 9.53 Å². The third-order valence-electron chi connectivity index (χ3n) is 3.26. The predicted molar refractivity (Wildman–Crippen MR) is 76.1 cm³/mol. The van der Waals surface area contributed by atoms with Crippen molar-refractivity contribution in [2.24, 2.45) is 0 Å². The molecule has 0 heterocycles. The van der Waals surface area contributed by atoms with Crippen LogP contribution in [0.2, 0.25) is 0 Å². The van der Waals surface area contributed by atoms with Gasteiger partial charge < -0.3 is 4.74 Å². The van der Waals surface area contributed by atoms with Gasteiger partial charge in [0.1, 0.15) is 0 Å². The lowest BCUT2D eigenvalue weighted by Gasteiger charge is -2.11. The molecule has 2 nitrogen and oxygen atoms in total. The summed E-state index contributed by atoms with van der Waals surface area (Å²) in [5.41, 5.74) is 3.48. The Hall–Kier alpha value is -2.09. The van der Waals surface area contributed by atoms with Gasteiger partial charge in [0.25, 0.3) is 0 Å². The second kappa shape index (κ2) is 6.19. The van der Waals surface area contributed by atoms with Crippen LogP contribution in [-0.4, -0.2) is 13.1 Å². The molecular weight excluding hydrogens is 236 g/mol. The molecule has 0 radical (unpaired) electrons. The van der Waals surface area contributed by atoms with Crippen LogP contribution in [0.4, 0.5) is 0 Å². The summed E-state index contributed by atoms with van der Waals surface area (Å²) in [6.45, 7) is 1.87. The molecule has 0 aliphatic rings. The highest BCUT2D eigenvalue weighted by molar-refractivity contribution is 5.77. The molecule has 19 heavy (non-hydrogen) atoms. The molecule has 0 N–H and O–H groups in total. The van der Waals surface area contributed by atoms with Crippen LogP contribution in [0.5, 0.6) is 0 Å². The van der Waals surface area contributed by atoms with Crippen LogP contribution in [0.25, 0.3) is 0 Å². The van der Waals surface area contributed by atoms with E-state index in [0.717, 1.165) is 12.0 Å². The number of benzene rings is 2. The lowest BCUT2D eigenvalue weighted by atomic mass is 9.96. The van der Waals surface area contributed by atoms with Crippen molar-refractivity contribution in [2.75, 3.05) is 7.11 Å². The van der Waals surface area contributed by atoms with E-state index in [2.05, 4.69) is 24.3 Å². The third kappa shape index (κ3) is 3.44. The van der Waals surface area contributed by atoms with E-state index in [4.69, 9.17) is 4.74 Å². The van der Waals surface area contributed by atoms with E-state index < -0.39 is 0 Å². The lowest BCUT2D eigenvalue weighted by molar-refractivity contribution is -0.141. The van der Waals surface area contributed by atoms with E-state index in [-0.39, 0.29) is 11.9 Å². The van der Waals surface area contributed by atoms with Crippen LogP contribution in [0.3, 0.4) is 0 Å². The van der Waals surface area contributed by atoms with Crippen molar-refractivity contribution in [3.63, 3.8) is 0 Å². The number of hydrogen-bond acceptors (Lipinski definition) is 2. The zero-order chi connectivity index (χ0) is 13.7. The predicted octanol–water partition coefficient (Wildman–Crippen LogP) is 3.55. The maximum atomic E-state index is 11.6. The number of rotatable bonds is 4. The first-order chi connectivity index (χ1) is 9.20. The van der Waals surface area contributed by atoms with E-state index >= 15 is 0 Å². The first-order valence-electron chi connectivity index (χ1n) is 6.41. The van der Waals surface area contributed by atoms with Gasteiger partial charge >= 0.3 is 5.97 Å². The van der Waals surface area contributed by atoms with E-state index in [1.165, 1.54) is 18.2 Å². The van der Waals surface area contributed by atoms with Gasteiger partial charge in [-0.15, -0.1) is 0 Å². The molecule has 2 rings (SSSR count). The topological polar surface area (TPSA) is 26.3 Å². The fourth-order valence-electron chi connectivity index (χ4n) is 2.12. The molecule has 98 valence electrons. The first-order valence-corrected chi connectivity index (χ1v) is 6.41. The summed E-state index contributed by atoms with van der Waals surface area (Å²) < 4.78 is 4.79. The van der Waals surface area contributed by atoms with Gasteiger partial charge in [-0.05, 0) is 30.0 Å². The minimum Gasteiger partial charge on any atom is -0.469 e. The van der Waals surface area contributed by atoms with E-state index in [1.807, 2.05) is 37.3 Å². The minimum absolute atomic E-state index is 0.197. The normalized spacial score (nSPS) is 11.9. The zero-order valence-electron chi connectivity index (χ0n) is 11.3. The first kappa shape index (κ1) is 13.3. The largest absolute Gasteiger partial charge is 0.469 e. The van der Waals surface area contributed by atoms with Crippen molar-refractivity contribution in [3.05, 3.63) is 71.3 Å². The summed E-state index contributed by atoms with van der Waals surface area (Å²) in [6, 6.07) is 18.4. The van der Waals surface area contributed by atoms with Gasteiger partial charge in [0.2, 0.25) is 0 Å². The molecule has 0 bridgehead atoms. The van der Waals surface area contributed by atoms with E-state index in [1.54, 1.807) is 0 Å². The molecule has 1 unspecified atom stereocenters. The molecule has 1 atom stereocenters. The molecule has 0 saturated heterocycles. The summed E-state index contributed by atoms with van der Waals surface area (Å²) in [4.78, 5) is 11.6. The van der Waals surface area contributed by atoms with Crippen LogP contribution in [0, 0.1) is 0 Å². The summed E-state index contributed by atoms with van der Waals surface area (Å²) in [6.07, 6.45) is 0.878. The van der Waals surface area contributed by atoms with Crippen molar-refractivity contribution in [2.45, 2.75) is 19.3 Å². The Morgan fingerprint density at radius 2 is 1.74 bits per heavy atom. The second-order valence-electron chi connectivity index (χ2n) is 4.65. The Labute approximate surface area is 114 Å². The Morgan fingerprint density at radius 1 is 1.05 bits per heavy atom. The van der Waals surface area contributed by atoms with Gasteiger partial charge in [-0.3, -0.25) is 4.79 Å². The highest BCUT2D eigenvalue weighted by Crippen LogP contribution is 2.19. The molecule has 0 fully saturated rings.